The molecule has 1 aliphatic rings. The fraction of sp³-hybridized carbons (Fsp3) is 0.500. The fourth-order valence-corrected chi connectivity index (χ4v) is 3.11. The van der Waals surface area contributed by atoms with Crippen LogP contribution in [0.2, 0.25) is 0 Å². The Balaban J connectivity index is 2.14. The topological polar surface area (TPSA) is 89.9 Å². The molecule has 0 aliphatic carbocycles. The van der Waals surface area contributed by atoms with Crippen molar-refractivity contribution in [2.24, 2.45) is 0 Å². The smallest absolute Gasteiger partial charge is 0.338 e. The highest BCUT2D eigenvalue weighted by Crippen LogP contribution is 2.33. The van der Waals surface area contributed by atoms with E-state index in [2.05, 4.69) is 5.32 Å². The van der Waals surface area contributed by atoms with Crippen molar-refractivity contribution < 1.29 is 19.8 Å². The minimum atomic E-state index is -1.05. The highest BCUT2D eigenvalue weighted by atomic mass is 32.1. The molecule has 0 saturated carbocycles. The van der Waals surface area contributed by atoms with E-state index in [-0.39, 0.29) is 24.7 Å². The quantitative estimate of drug-likeness (QED) is 0.770. The zero-order chi connectivity index (χ0) is 14.4. The molecule has 1 aliphatic heterocycles. The number of aliphatic hydroxyl groups is 1. The summed E-state index contributed by atoms with van der Waals surface area (Å²) in [6.07, 6.45) is 0. The van der Waals surface area contributed by atoms with Gasteiger partial charge in [-0.1, -0.05) is 0 Å². The van der Waals surface area contributed by atoms with Crippen LogP contribution in [0.1, 0.15) is 27.7 Å². The van der Waals surface area contributed by atoms with Gasteiger partial charge in [0.15, 0.2) is 0 Å². The van der Waals surface area contributed by atoms with Gasteiger partial charge in [0.1, 0.15) is 5.00 Å². The first-order chi connectivity index (χ1) is 8.71. The van der Waals surface area contributed by atoms with Crippen LogP contribution in [0, 0.1) is 13.8 Å². The molecule has 6 nitrogen and oxygen atoms in total. The van der Waals surface area contributed by atoms with Gasteiger partial charge in [0.25, 0.3) is 0 Å². The van der Waals surface area contributed by atoms with Gasteiger partial charge in [-0.05, 0) is 26.3 Å². The molecule has 1 aromatic rings. The summed E-state index contributed by atoms with van der Waals surface area (Å²) in [6, 6.07) is -0.379. The zero-order valence-corrected chi connectivity index (χ0v) is 11.8. The molecule has 104 valence electrons. The Morgan fingerprint density at radius 1 is 1.37 bits per heavy atom. The number of aryl methyl sites for hydroxylation is 1. The van der Waals surface area contributed by atoms with Gasteiger partial charge in [0.05, 0.1) is 24.3 Å². The number of aromatic carboxylic acids is 1. The zero-order valence-electron chi connectivity index (χ0n) is 11.0. The molecular weight excluding hydrogens is 268 g/mol. The number of nitrogens with one attached hydrogen (secondary N) is 1. The third kappa shape index (κ3) is 2.57. The van der Waals surface area contributed by atoms with E-state index in [1.807, 2.05) is 6.92 Å². The Morgan fingerprint density at radius 3 is 2.42 bits per heavy atom. The lowest BCUT2D eigenvalue weighted by atomic mass is 9.98. The number of carboxylic acid groups (broad SMARTS) is 1. The Labute approximate surface area is 114 Å². The van der Waals surface area contributed by atoms with E-state index < -0.39 is 11.6 Å². The monoisotopic (exact) mass is 284 g/mol. The number of β-amino-alcohol motifs (C(OH)–C–C–N with tert-alkyl or cyclic N) is 1. The summed E-state index contributed by atoms with van der Waals surface area (Å²) in [5.74, 6) is -1.05. The van der Waals surface area contributed by atoms with E-state index in [9.17, 15) is 14.7 Å². The summed E-state index contributed by atoms with van der Waals surface area (Å²) in [5.41, 5.74) is -0.0274. The molecule has 0 bridgehead atoms. The Bertz CT molecular complexity index is 542. The van der Waals surface area contributed by atoms with Crippen molar-refractivity contribution in [1.82, 2.24) is 4.90 Å². The van der Waals surface area contributed by atoms with Crippen molar-refractivity contribution in [2.45, 2.75) is 26.4 Å². The number of carbonyl (C=O) groups excluding carboxylic acids is 1. The van der Waals surface area contributed by atoms with Crippen LogP contribution in [0.25, 0.3) is 0 Å². The molecule has 0 aromatic carbocycles. The second kappa shape index (κ2) is 4.50. The number of carboxylic acids is 1. The second-order valence-electron chi connectivity index (χ2n) is 5.08. The van der Waals surface area contributed by atoms with Crippen molar-refractivity contribution in [2.75, 3.05) is 18.4 Å². The Kier molecular flexibility index (Phi) is 3.27. The predicted molar refractivity (Wildman–Crippen MR) is 72.0 cm³/mol. The average Bonchev–Trinajstić information content (AvgIpc) is 2.50. The minimum Gasteiger partial charge on any atom is -0.478 e. The molecular formula is C12H16N2O4S. The van der Waals surface area contributed by atoms with Crippen LogP contribution in [0.5, 0.6) is 0 Å². The normalized spacial score (nSPS) is 16.9. The Hall–Kier alpha value is -1.60. The number of rotatable bonds is 2. The summed E-state index contributed by atoms with van der Waals surface area (Å²) in [5, 5.41) is 21.7. The second-order valence-corrected chi connectivity index (χ2v) is 6.30. The van der Waals surface area contributed by atoms with Crippen molar-refractivity contribution in [1.29, 1.82) is 0 Å². The first-order valence-corrected chi connectivity index (χ1v) is 6.64. The van der Waals surface area contributed by atoms with Gasteiger partial charge in [0, 0.05) is 4.88 Å². The number of hydrogen-bond acceptors (Lipinski definition) is 4. The maximum Gasteiger partial charge on any atom is 0.338 e. The van der Waals surface area contributed by atoms with Crippen LogP contribution in [0.3, 0.4) is 0 Å². The molecule has 1 saturated heterocycles. The van der Waals surface area contributed by atoms with Crippen LogP contribution in [0.15, 0.2) is 0 Å². The molecule has 2 rings (SSSR count). The number of thiophene rings is 1. The van der Waals surface area contributed by atoms with Gasteiger partial charge in [-0.3, -0.25) is 5.32 Å². The first kappa shape index (κ1) is 13.8. The van der Waals surface area contributed by atoms with E-state index in [0.29, 0.717) is 10.6 Å². The molecule has 7 heteroatoms. The fourth-order valence-electron chi connectivity index (χ4n) is 2.07. The first-order valence-electron chi connectivity index (χ1n) is 5.83. The lowest BCUT2D eigenvalue weighted by molar-refractivity contribution is -0.0581. The van der Waals surface area contributed by atoms with Crippen LogP contribution in [-0.2, 0) is 0 Å². The van der Waals surface area contributed by atoms with Crippen molar-refractivity contribution in [3.05, 3.63) is 16.0 Å². The van der Waals surface area contributed by atoms with Crippen LogP contribution in [0.4, 0.5) is 9.80 Å². The van der Waals surface area contributed by atoms with Gasteiger partial charge in [-0.2, -0.15) is 0 Å². The number of nitrogens with zero attached hydrogens (tertiary/aromatic N) is 1. The van der Waals surface area contributed by atoms with Gasteiger partial charge in [0.2, 0.25) is 0 Å². The minimum absolute atomic E-state index is 0.142. The van der Waals surface area contributed by atoms with Gasteiger partial charge < -0.3 is 15.1 Å². The Morgan fingerprint density at radius 2 is 1.95 bits per heavy atom. The third-order valence-corrected chi connectivity index (χ3v) is 4.29. The maximum absolute atomic E-state index is 11.9. The number of likely N-dealkylation sites (tertiary alicyclic amines) is 1. The molecule has 0 spiro atoms. The van der Waals surface area contributed by atoms with E-state index >= 15 is 0 Å². The molecule has 2 heterocycles. The summed E-state index contributed by atoms with van der Waals surface area (Å²) in [7, 11) is 0. The van der Waals surface area contributed by atoms with E-state index in [0.717, 1.165) is 4.88 Å². The lowest BCUT2D eigenvalue weighted by Crippen LogP contribution is -2.62. The average molecular weight is 284 g/mol. The number of urea groups is 1. The molecule has 1 fully saturated rings. The lowest BCUT2D eigenvalue weighted by Gasteiger charge is -2.43. The molecule has 0 atom stereocenters. The third-order valence-electron chi connectivity index (χ3n) is 3.17. The molecule has 19 heavy (non-hydrogen) atoms. The van der Waals surface area contributed by atoms with Crippen LogP contribution >= 0.6 is 11.3 Å². The van der Waals surface area contributed by atoms with E-state index in [1.54, 1.807) is 13.8 Å². The van der Waals surface area contributed by atoms with E-state index in [1.165, 1.54) is 16.2 Å². The molecule has 3 N–H and O–H groups in total. The van der Waals surface area contributed by atoms with Crippen LogP contribution in [-0.4, -0.2) is 45.8 Å². The number of carbonyl (C=O) groups is 2. The summed E-state index contributed by atoms with van der Waals surface area (Å²) >= 11 is 1.25. The predicted octanol–water partition coefficient (Wildman–Crippen LogP) is 1.66. The van der Waals surface area contributed by atoms with Gasteiger partial charge in [-0.25, -0.2) is 9.59 Å². The maximum atomic E-state index is 11.9. The summed E-state index contributed by atoms with van der Waals surface area (Å²) in [6.45, 7) is 5.70. The van der Waals surface area contributed by atoms with Crippen molar-refractivity contribution in [3.8, 4) is 0 Å². The number of hydrogen-bond donors (Lipinski definition) is 3. The molecule has 1 aromatic heterocycles. The number of amides is 2. The summed E-state index contributed by atoms with van der Waals surface area (Å²) < 4.78 is 0. The van der Waals surface area contributed by atoms with E-state index in [4.69, 9.17) is 5.11 Å². The molecule has 2 amide bonds. The molecule has 0 radical (unpaired) electrons. The molecule has 0 unspecified atom stereocenters. The SMILES string of the molecule is Cc1sc(NC(=O)N2CC(C)(O)C2)c(C(=O)O)c1C. The van der Waals surface area contributed by atoms with Gasteiger partial charge >= 0.3 is 12.0 Å². The highest BCUT2D eigenvalue weighted by Gasteiger charge is 2.39. The van der Waals surface area contributed by atoms with Gasteiger partial charge in [-0.15, -0.1) is 11.3 Å². The summed E-state index contributed by atoms with van der Waals surface area (Å²) in [4.78, 5) is 25.4. The largest absolute Gasteiger partial charge is 0.478 e. The van der Waals surface area contributed by atoms with Crippen LogP contribution < -0.4 is 5.32 Å². The number of anilines is 1. The highest BCUT2D eigenvalue weighted by molar-refractivity contribution is 7.16. The van der Waals surface area contributed by atoms with Crippen molar-refractivity contribution in [3.63, 3.8) is 0 Å². The standard InChI is InChI=1S/C12H16N2O4S/c1-6-7(2)19-9(8(6)10(15)16)13-11(17)14-4-12(3,18)5-14/h18H,4-5H2,1-3H3,(H,13,17)(H,15,16). The van der Waals surface area contributed by atoms with Crippen molar-refractivity contribution >= 4 is 28.3 Å².